The zero-order valence-electron chi connectivity index (χ0n) is 9.76. The van der Waals surface area contributed by atoms with Gasteiger partial charge in [0, 0.05) is 0 Å². The fourth-order valence-corrected chi connectivity index (χ4v) is 2.29. The fraction of sp³-hybridized carbons (Fsp3) is 0.462. The third-order valence-electron chi connectivity index (χ3n) is 3.62. The van der Waals surface area contributed by atoms with E-state index in [1.165, 1.54) is 0 Å². The second-order valence-electron chi connectivity index (χ2n) is 4.77. The van der Waals surface area contributed by atoms with Crippen LogP contribution in [0.5, 0.6) is 11.5 Å². The average molecular weight is 250 g/mol. The number of aliphatic carboxylic acids is 1. The molecule has 0 saturated heterocycles. The van der Waals surface area contributed by atoms with Crippen molar-refractivity contribution in [2.75, 3.05) is 13.2 Å². The molecule has 2 aliphatic rings. The summed E-state index contributed by atoms with van der Waals surface area (Å²) in [6.07, 6.45) is 0.0291. The van der Waals surface area contributed by atoms with Crippen molar-refractivity contribution in [2.45, 2.75) is 18.9 Å². The quantitative estimate of drug-likeness (QED) is 0.847. The molecule has 1 aliphatic heterocycles. The van der Waals surface area contributed by atoms with Gasteiger partial charge in [-0.2, -0.15) is 0 Å². The van der Waals surface area contributed by atoms with Crippen LogP contribution in [0.4, 0.5) is 0 Å². The Morgan fingerprint density at radius 2 is 1.89 bits per heavy atom. The number of fused-ring (bicyclic) bond motifs is 1. The van der Waals surface area contributed by atoms with Crippen molar-refractivity contribution in [3.63, 3.8) is 0 Å². The third kappa shape index (κ3) is 1.62. The summed E-state index contributed by atoms with van der Waals surface area (Å²) in [5.41, 5.74) is -0.442. The molecule has 5 heteroatoms. The van der Waals surface area contributed by atoms with E-state index in [1.807, 2.05) is 0 Å². The zero-order valence-corrected chi connectivity index (χ0v) is 9.76. The SMILES string of the molecule is O=C(O)C1(C(O)c2ccc3c(c2)OCCO3)CC1. The molecule has 0 spiro atoms. The summed E-state index contributed by atoms with van der Waals surface area (Å²) < 4.78 is 10.8. The highest BCUT2D eigenvalue weighted by Gasteiger charge is 2.56. The van der Waals surface area contributed by atoms with Crippen molar-refractivity contribution in [2.24, 2.45) is 5.41 Å². The predicted octanol–water partition coefficient (Wildman–Crippen LogP) is 1.36. The topological polar surface area (TPSA) is 76.0 Å². The Hall–Kier alpha value is -1.75. The minimum absolute atomic E-state index is 0.469. The molecule has 0 radical (unpaired) electrons. The minimum atomic E-state index is -1.01. The summed E-state index contributed by atoms with van der Waals surface area (Å²) in [5, 5.41) is 19.4. The van der Waals surface area contributed by atoms with Crippen molar-refractivity contribution in [1.82, 2.24) is 0 Å². The predicted molar refractivity (Wildman–Crippen MR) is 61.7 cm³/mol. The van der Waals surface area contributed by atoms with Gasteiger partial charge in [0.05, 0.1) is 11.5 Å². The Balaban J connectivity index is 1.91. The van der Waals surface area contributed by atoms with E-state index in [0.717, 1.165) is 0 Å². The zero-order chi connectivity index (χ0) is 12.8. The van der Waals surface area contributed by atoms with Crippen molar-refractivity contribution in [3.05, 3.63) is 23.8 Å². The molecule has 1 aliphatic carbocycles. The van der Waals surface area contributed by atoms with Crippen molar-refractivity contribution in [1.29, 1.82) is 0 Å². The second-order valence-corrected chi connectivity index (χ2v) is 4.77. The highest BCUT2D eigenvalue weighted by molar-refractivity contribution is 5.79. The molecule has 96 valence electrons. The van der Waals surface area contributed by atoms with Crippen LogP contribution in [0.3, 0.4) is 0 Å². The number of aliphatic hydroxyl groups excluding tert-OH is 1. The van der Waals surface area contributed by atoms with Gasteiger partial charge in [0.15, 0.2) is 11.5 Å². The van der Waals surface area contributed by atoms with Crippen LogP contribution in [0.25, 0.3) is 0 Å². The number of benzene rings is 1. The monoisotopic (exact) mass is 250 g/mol. The average Bonchev–Trinajstić information content (AvgIpc) is 3.19. The van der Waals surface area contributed by atoms with Gasteiger partial charge in [-0.1, -0.05) is 6.07 Å². The van der Waals surface area contributed by atoms with E-state index in [-0.39, 0.29) is 0 Å². The van der Waals surface area contributed by atoms with Crippen LogP contribution in [-0.2, 0) is 4.79 Å². The molecule has 1 heterocycles. The Morgan fingerprint density at radius 1 is 1.22 bits per heavy atom. The molecule has 1 aromatic carbocycles. The first-order valence-electron chi connectivity index (χ1n) is 5.94. The molecular formula is C13H14O5. The molecular weight excluding hydrogens is 236 g/mol. The largest absolute Gasteiger partial charge is 0.486 e. The normalized spacial score (nSPS) is 21.2. The molecule has 5 nitrogen and oxygen atoms in total. The Labute approximate surface area is 104 Å². The van der Waals surface area contributed by atoms with E-state index >= 15 is 0 Å². The Morgan fingerprint density at radius 3 is 2.50 bits per heavy atom. The molecule has 1 unspecified atom stereocenters. The number of aliphatic hydroxyl groups is 1. The summed E-state index contributed by atoms with van der Waals surface area (Å²) in [5.74, 6) is 0.265. The number of ether oxygens (including phenoxy) is 2. The van der Waals surface area contributed by atoms with Crippen molar-refractivity contribution < 1.29 is 24.5 Å². The van der Waals surface area contributed by atoms with Crippen LogP contribution in [0.15, 0.2) is 18.2 Å². The van der Waals surface area contributed by atoms with E-state index in [0.29, 0.717) is 43.1 Å². The van der Waals surface area contributed by atoms with Crippen LogP contribution in [0.1, 0.15) is 24.5 Å². The number of hydrogen-bond donors (Lipinski definition) is 2. The van der Waals surface area contributed by atoms with E-state index in [1.54, 1.807) is 18.2 Å². The van der Waals surface area contributed by atoms with Gasteiger partial charge in [-0.05, 0) is 30.5 Å². The van der Waals surface area contributed by atoms with E-state index in [4.69, 9.17) is 14.6 Å². The van der Waals surface area contributed by atoms with Gasteiger partial charge in [0.2, 0.25) is 0 Å². The summed E-state index contributed by atoms with van der Waals surface area (Å²) in [6.45, 7) is 0.977. The Bertz CT molecular complexity index is 492. The summed E-state index contributed by atoms with van der Waals surface area (Å²) in [4.78, 5) is 11.2. The van der Waals surface area contributed by atoms with Crippen molar-refractivity contribution >= 4 is 5.97 Å². The lowest BCUT2D eigenvalue weighted by molar-refractivity contribution is -0.148. The van der Waals surface area contributed by atoms with Gasteiger partial charge >= 0.3 is 5.97 Å². The molecule has 2 N–H and O–H groups in total. The van der Waals surface area contributed by atoms with Gasteiger partial charge in [-0.3, -0.25) is 4.79 Å². The first-order chi connectivity index (χ1) is 8.63. The second kappa shape index (κ2) is 3.88. The minimum Gasteiger partial charge on any atom is -0.486 e. The van der Waals surface area contributed by atoms with Crippen molar-refractivity contribution in [3.8, 4) is 11.5 Å². The van der Waals surface area contributed by atoms with Gasteiger partial charge < -0.3 is 19.7 Å². The maximum atomic E-state index is 11.2. The van der Waals surface area contributed by atoms with Gasteiger partial charge in [0.25, 0.3) is 0 Å². The third-order valence-corrected chi connectivity index (χ3v) is 3.62. The van der Waals surface area contributed by atoms with Crippen LogP contribution in [0, 0.1) is 5.41 Å². The molecule has 1 fully saturated rings. The number of hydrogen-bond acceptors (Lipinski definition) is 4. The molecule has 1 saturated carbocycles. The molecule has 1 atom stereocenters. The molecule has 0 bridgehead atoms. The van der Waals surface area contributed by atoms with Gasteiger partial charge in [-0.25, -0.2) is 0 Å². The highest BCUT2D eigenvalue weighted by Crippen LogP contribution is 2.55. The highest BCUT2D eigenvalue weighted by atomic mass is 16.6. The maximum absolute atomic E-state index is 11.2. The lowest BCUT2D eigenvalue weighted by atomic mass is 9.92. The molecule has 3 rings (SSSR count). The maximum Gasteiger partial charge on any atom is 0.312 e. The summed E-state index contributed by atoms with van der Waals surface area (Å²) >= 11 is 0. The standard InChI is InChI=1S/C13H14O5/c14-11(13(3-4-13)12(15)16)8-1-2-9-10(7-8)18-6-5-17-9/h1-2,7,11,14H,3-6H2,(H,15,16). The fourth-order valence-electron chi connectivity index (χ4n) is 2.29. The van der Waals surface area contributed by atoms with Gasteiger partial charge in [-0.15, -0.1) is 0 Å². The first-order valence-corrected chi connectivity index (χ1v) is 5.94. The summed E-state index contributed by atoms with van der Waals surface area (Å²) in [7, 11) is 0. The van der Waals surface area contributed by atoms with Crippen LogP contribution < -0.4 is 9.47 Å². The molecule has 0 aromatic heterocycles. The number of carbonyl (C=O) groups is 1. The van der Waals surface area contributed by atoms with E-state index < -0.39 is 17.5 Å². The van der Waals surface area contributed by atoms with Crippen LogP contribution >= 0.6 is 0 Å². The van der Waals surface area contributed by atoms with E-state index in [2.05, 4.69) is 0 Å². The molecule has 1 aromatic rings. The van der Waals surface area contributed by atoms with Gasteiger partial charge in [0.1, 0.15) is 13.2 Å². The summed E-state index contributed by atoms with van der Waals surface area (Å²) in [6, 6.07) is 5.08. The smallest absolute Gasteiger partial charge is 0.312 e. The lowest BCUT2D eigenvalue weighted by Gasteiger charge is -2.22. The van der Waals surface area contributed by atoms with Crippen LogP contribution in [-0.4, -0.2) is 29.4 Å². The number of rotatable bonds is 3. The molecule has 0 amide bonds. The van der Waals surface area contributed by atoms with E-state index in [9.17, 15) is 9.90 Å². The number of carboxylic acids is 1. The molecule has 18 heavy (non-hydrogen) atoms. The first kappa shape index (κ1) is 11.3. The Kier molecular flexibility index (Phi) is 2.45. The van der Waals surface area contributed by atoms with Crippen LogP contribution in [0.2, 0.25) is 0 Å². The lowest BCUT2D eigenvalue weighted by Crippen LogP contribution is -2.24. The number of carboxylic acid groups (broad SMARTS) is 1.